The first kappa shape index (κ1) is 15.9. The molecule has 2 unspecified atom stereocenters. The molecule has 0 spiro atoms. The Bertz CT molecular complexity index is 489. The minimum absolute atomic E-state index is 0.0131. The van der Waals surface area contributed by atoms with E-state index in [1.165, 1.54) is 0 Å². The van der Waals surface area contributed by atoms with Gasteiger partial charge >= 0.3 is 0 Å². The highest BCUT2D eigenvalue weighted by atomic mass is 16.5. The number of hydrogen-bond acceptors (Lipinski definition) is 5. The summed E-state index contributed by atoms with van der Waals surface area (Å²) in [6.07, 6.45) is 1.68. The Labute approximate surface area is 133 Å². The number of ether oxygens (including phenoxy) is 1. The minimum atomic E-state index is -0.0131. The number of hydrogen-bond donors (Lipinski definition) is 0. The zero-order valence-electron chi connectivity index (χ0n) is 14.3. The summed E-state index contributed by atoms with van der Waals surface area (Å²) in [5.74, 6) is 1.77. The SMILES string of the molecule is CC1CN(Cc2ncnn2C(C)(C)C)CC1N1CCOCC1. The van der Waals surface area contributed by atoms with Gasteiger partial charge in [-0.3, -0.25) is 9.80 Å². The van der Waals surface area contributed by atoms with E-state index < -0.39 is 0 Å². The molecule has 0 saturated carbocycles. The lowest BCUT2D eigenvalue weighted by Gasteiger charge is -2.34. The van der Waals surface area contributed by atoms with Crippen molar-refractivity contribution in [3.05, 3.63) is 12.2 Å². The molecule has 0 amide bonds. The normalized spacial score (nSPS) is 28.4. The Hall–Kier alpha value is -0.980. The van der Waals surface area contributed by atoms with E-state index in [2.05, 4.69) is 52.3 Å². The van der Waals surface area contributed by atoms with Crippen LogP contribution in [0.25, 0.3) is 0 Å². The molecule has 2 aliphatic heterocycles. The molecule has 3 heterocycles. The maximum atomic E-state index is 5.48. The van der Waals surface area contributed by atoms with Crippen molar-refractivity contribution in [3.8, 4) is 0 Å². The lowest BCUT2D eigenvalue weighted by atomic mass is 10.0. The van der Waals surface area contributed by atoms with Gasteiger partial charge in [-0.15, -0.1) is 0 Å². The van der Waals surface area contributed by atoms with Crippen LogP contribution in [0, 0.1) is 5.92 Å². The summed E-state index contributed by atoms with van der Waals surface area (Å²) in [6.45, 7) is 15.9. The van der Waals surface area contributed by atoms with Crippen LogP contribution in [0.1, 0.15) is 33.5 Å². The summed E-state index contributed by atoms with van der Waals surface area (Å²) in [6, 6.07) is 0.648. The molecule has 6 nitrogen and oxygen atoms in total. The van der Waals surface area contributed by atoms with Crippen molar-refractivity contribution >= 4 is 0 Å². The average molecular weight is 307 g/mol. The monoisotopic (exact) mass is 307 g/mol. The van der Waals surface area contributed by atoms with Gasteiger partial charge in [0.1, 0.15) is 12.2 Å². The second-order valence-electron chi connectivity index (χ2n) is 7.65. The van der Waals surface area contributed by atoms with Crippen molar-refractivity contribution in [3.63, 3.8) is 0 Å². The van der Waals surface area contributed by atoms with Gasteiger partial charge in [0.05, 0.1) is 25.3 Å². The maximum absolute atomic E-state index is 5.48. The van der Waals surface area contributed by atoms with Gasteiger partial charge in [-0.05, 0) is 26.7 Å². The summed E-state index contributed by atoms with van der Waals surface area (Å²) in [5, 5.41) is 4.41. The number of aromatic nitrogens is 3. The van der Waals surface area contributed by atoms with Crippen LogP contribution < -0.4 is 0 Å². The van der Waals surface area contributed by atoms with Crippen LogP contribution in [0.4, 0.5) is 0 Å². The molecule has 3 rings (SSSR count). The number of nitrogens with zero attached hydrogens (tertiary/aromatic N) is 5. The van der Waals surface area contributed by atoms with Crippen LogP contribution in [0.2, 0.25) is 0 Å². The van der Waals surface area contributed by atoms with Gasteiger partial charge in [-0.25, -0.2) is 9.67 Å². The minimum Gasteiger partial charge on any atom is -0.379 e. The number of likely N-dealkylation sites (tertiary alicyclic amines) is 1. The summed E-state index contributed by atoms with van der Waals surface area (Å²) < 4.78 is 7.54. The number of morpholine rings is 1. The Balaban J connectivity index is 1.64. The van der Waals surface area contributed by atoms with E-state index >= 15 is 0 Å². The second-order valence-corrected chi connectivity index (χ2v) is 7.65. The standard InChI is InChI=1S/C16H29N5O/c1-13-9-19(10-14(13)20-5-7-22-8-6-20)11-15-17-12-18-21(15)16(2,3)4/h12-14H,5-11H2,1-4H3. The fraction of sp³-hybridized carbons (Fsp3) is 0.875. The predicted octanol–water partition coefficient (Wildman–Crippen LogP) is 1.19. The van der Waals surface area contributed by atoms with Gasteiger partial charge in [0.2, 0.25) is 0 Å². The van der Waals surface area contributed by atoms with Gasteiger partial charge in [-0.1, -0.05) is 6.92 Å². The molecule has 1 aromatic heterocycles. The number of rotatable bonds is 3. The molecule has 2 saturated heterocycles. The summed E-state index contributed by atoms with van der Waals surface area (Å²) in [5.41, 5.74) is -0.0131. The van der Waals surface area contributed by atoms with Gasteiger partial charge in [0.25, 0.3) is 0 Å². The lowest BCUT2D eigenvalue weighted by Crippen LogP contribution is -2.46. The van der Waals surface area contributed by atoms with Gasteiger partial charge in [-0.2, -0.15) is 5.10 Å². The molecular weight excluding hydrogens is 278 g/mol. The molecular formula is C16H29N5O. The van der Waals surface area contributed by atoms with E-state index in [-0.39, 0.29) is 5.54 Å². The Kier molecular flexibility index (Phi) is 4.52. The topological polar surface area (TPSA) is 46.4 Å². The van der Waals surface area contributed by atoms with Crippen molar-refractivity contribution in [2.45, 2.75) is 45.8 Å². The summed E-state index contributed by atoms with van der Waals surface area (Å²) >= 11 is 0. The summed E-state index contributed by atoms with van der Waals surface area (Å²) in [4.78, 5) is 9.61. The lowest BCUT2D eigenvalue weighted by molar-refractivity contribution is 0.0117. The van der Waals surface area contributed by atoms with Gasteiger partial charge in [0, 0.05) is 32.2 Å². The molecule has 0 aliphatic carbocycles. The first-order chi connectivity index (χ1) is 10.4. The van der Waals surface area contributed by atoms with Crippen molar-refractivity contribution in [1.29, 1.82) is 0 Å². The first-order valence-electron chi connectivity index (χ1n) is 8.38. The van der Waals surface area contributed by atoms with Gasteiger partial charge < -0.3 is 4.74 Å². The Morgan fingerprint density at radius 3 is 2.64 bits per heavy atom. The van der Waals surface area contributed by atoms with Crippen molar-refractivity contribution < 1.29 is 4.74 Å². The Morgan fingerprint density at radius 1 is 1.23 bits per heavy atom. The third kappa shape index (κ3) is 3.34. The van der Waals surface area contributed by atoms with E-state index in [1.807, 2.05) is 0 Å². The van der Waals surface area contributed by atoms with E-state index in [1.54, 1.807) is 6.33 Å². The Morgan fingerprint density at radius 2 is 1.95 bits per heavy atom. The molecule has 0 N–H and O–H groups in total. The highest BCUT2D eigenvalue weighted by Gasteiger charge is 2.35. The van der Waals surface area contributed by atoms with E-state index in [4.69, 9.17) is 4.74 Å². The van der Waals surface area contributed by atoms with Gasteiger partial charge in [0.15, 0.2) is 0 Å². The van der Waals surface area contributed by atoms with E-state index in [0.717, 1.165) is 51.8 Å². The molecule has 6 heteroatoms. The van der Waals surface area contributed by atoms with Crippen LogP contribution in [-0.2, 0) is 16.8 Å². The highest BCUT2D eigenvalue weighted by Crippen LogP contribution is 2.24. The predicted molar refractivity (Wildman–Crippen MR) is 85.6 cm³/mol. The van der Waals surface area contributed by atoms with Crippen molar-refractivity contribution in [2.24, 2.45) is 5.92 Å². The highest BCUT2D eigenvalue weighted by molar-refractivity contribution is 4.95. The zero-order valence-corrected chi connectivity index (χ0v) is 14.3. The maximum Gasteiger partial charge on any atom is 0.141 e. The largest absolute Gasteiger partial charge is 0.379 e. The van der Waals surface area contributed by atoms with Crippen LogP contribution in [0.3, 0.4) is 0 Å². The average Bonchev–Trinajstić information content (AvgIpc) is 3.06. The molecule has 2 atom stereocenters. The van der Waals surface area contributed by atoms with Crippen LogP contribution in [0.15, 0.2) is 6.33 Å². The summed E-state index contributed by atoms with van der Waals surface area (Å²) in [7, 11) is 0. The molecule has 0 radical (unpaired) electrons. The second kappa shape index (κ2) is 6.26. The van der Waals surface area contributed by atoms with Crippen LogP contribution >= 0.6 is 0 Å². The molecule has 2 aliphatic rings. The van der Waals surface area contributed by atoms with E-state index in [0.29, 0.717) is 12.0 Å². The molecule has 22 heavy (non-hydrogen) atoms. The zero-order chi connectivity index (χ0) is 15.7. The molecule has 0 aromatic carbocycles. The fourth-order valence-electron chi connectivity index (χ4n) is 3.70. The van der Waals surface area contributed by atoms with E-state index in [9.17, 15) is 0 Å². The first-order valence-corrected chi connectivity index (χ1v) is 8.38. The molecule has 0 bridgehead atoms. The van der Waals surface area contributed by atoms with Crippen molar-refractivity contribution in [1.82, 2.24) is 24.6 Å². The fourth-order valence-corrected chi connectivity index (χ4v) is 3.70. The smallest absolute Gasteiger partial charge is 0.141 e. The molecule has 2 fully saturated rings. The molecule has 1 aromatic rings. The van der Waals surface area contributed by atoms with Crippen molar-refractivity contribution in [2.75, 3.05) is 39.4 Å². The molecule has 124 valence electrons. The third-order valence-electron chi connectivity index (χ3n) is 4.78. The third-order valence-corrected chi connectivity index (χ3v) is 4.78. The van der Waals surface area contributed by atoms with Crippen LogP contribution in [-0.4, -0.2) is 70.0 Å². The van der Waals surface area contributed by atoms with Crippen LogP contribution in [0.5, 0.6) is 0 Å². The quantitative estimate of drug-likeness (QED) is 0.839.